The van der Waals surface area contributed by atoms with E-state index in [0.29, 0.717) is 28.2 Å². The van der Waals surface area contributed by atoms with Gasteiger partial charge in [0.1, 0.15) is 0 Å². The highest BCUT2D eigenvalue weighted by atomic mass is 16.5. The van der Waals surface area contributed by atoms with Crippen molar-refractivity contribution in [2.75, 3.05) is 6.61 Å². The highest BCUT2D eigenvalue weighted by Gasteiger charge is 2.20. The third-order valence-corrected chi connectivity index (χ3v) is 2.83. The normalized spacial score (nSPS) is 11.1. The summed E-state index contributed by atoms with van der Waals surface area (Å²) in [5.74, 6) is -2.57. The Hall–Kier alpha value is -2.64. The van der Waals surface area contributed by atoms with E-state index in [9.17, 15) is 14.4 Å². The van der Waals surface area contributed by atoms with E-state index < -0.39 is 17.8 Å². The van der Waals surface area contributed by atoms with E-state index in [1.807, 2.05) is 5.43 Å². The molecule has 0 saturated heterocycles. The minimum Gasteiger partial charge on any atom is -0.462 e. The zero-order valence-electron chi connectivity index (χ0n) is 12.4. The van der Waals surface area contributed by atoms with Gasteiger partial charge in [0.25, 0.3) is 0 Å². The molecule has 0 saturated carbocycles. The molecule has 0 unspecified atom stereocenters. The Labute approximate surface area is 121 Å². The molecule has 21 heavy (non-hydrogen) atoms. The fourth-order valence-corrected chi connectivity index (χ4v) is 1.87. The van der Waals surface area contributed by atoms with Gasteiger partial charge in [-0.05, 0) is 33.3 Å². The second-order valence-corrected chi connectivity index (χ2v) is 4.35. The van der Waals surface area contributed by atoms with Gasteiger partial charge < -0.3 is 15.5 Å². The maximum absolute atomic E-state index is 11.9. The Morgan fingerprint density at radius 3 is 2.48 bits per heavy atom. The number of aromatic nitrogens is 1. The molecule has 0 spiro atoms. The number of primary amides is 1. The van der Waals surface area contributed by atoms with Gasteiger partial charge in [0.2, 0.25) is 0 Å². The van der Waals surface area contributed by atoms with E-state index in [-0.39, 0.29) is 6.61 Å². The molecule has 0 radical (unpaired) electrons. The molecule has 1 rings (SSSR count). The number of aryl methyl sites for hydroxylation is 1. The Kier molecular flexibility index (Phi) is 5.23. The number of hydrogen-bond donors (Lipinski definition) is 3. The lowest BCUT2D eigenvalue weighted by Crippen LogP contribution is -2.33. The van der Waals surface area contributed by atoms with E-state index in [4.69, 9.17) is 10.5 Å². The molecule has 0 aliphatic heterocycles. The number of nitrogens with two attached hydrogens (primary N) is 1. The number of hydrogen-bond acceptors (Lipinski definition) is 5. The molecule has 114 valence electrons. The average Bonchev–Trinajstić information content (AvgIpc) is 2.71. The zero-order chi connectivity index (χ0) is 16.2. The summed E-state index contributed by atoms with van der Waals surface area (Å²) < 4.78 is 4.98. The molecule has 1 aromatic heterocycles. The SMILES string of the molecule is CCOC(=O)c1c(C)[nH]c(/C(C)=N/NC(=O)C(N)=O)c1C. The van der Waals surface area contributed by atoms with E-state index in [1.165, 1.54) is 0 Å². The lowest BCUT2D eigenvalue weighted by atomic mass is 10.1. The highest BCUT2D eigenvalue weighted by Crippen LogP contribution is 2.19. The number of ether oxygens (including phenoxy) is 1. The van der Waals surface area contributed by atoms with Gasteiger partial charge in [-0.3, -0.25) is 9.59 Å². The van der Waals surface area contributed by atoms with Gasteiger partial charge in [0, 0.05) is 5.69 Å². The van der Waals surface area contributed by atoms with Crippen molar-refractivity contribution >= 4 is 23.5 Å². The van der Waals surface area contributed by atoms with Gasteiger partial charge in [-0.15, -0.1) is 0 Å². The fourth-order valence-electron chi connectivity index (χ4n) is 1.87. The Morgan fingerprint density at radius 2 is 1.95 bits per heavy atom. The van der Waals surface area contributed by atoms with Crippen molar-refractivity contribution in [2.45, 2.75) is 27.7 Å². The smallest absolute Gasteiger partial charge is 0.340 e. The summed E-state index contributed by atoms with van der Waals surface area (Å²) in [7, 11) is 0. The van der Waals surface area contributed by atoms with Crippen LogP contribution in [0, 0.1) is 13.8 Å². The third-order valence-electron chi connectivity index (χ3n) is 2.83. The average molecular weight is 294 g/mol. The van der Waals surface area contributed by atoms with E-state index in [1.54, 1.807) is 27.7 Å². The monoisotopic (exact) mass is 294 g/mol. The molecule has 0 atom stereocenters. The molecule has 0 fully saturated rings. The van der Waals surface area contributed by atoms with Gasteiger partial charge in [-0.25, -0.2) is 10.2 Å². The number of nitrogens with zero attached hydrogens (tertiary/aromatic N) is 1. The van der Waals surface area contributed by atoms with Crippen LogP contribution >= 0.6 is 0 Å². The molecule has 8 heteroatoms. The number of aromatic amines is 1. The Bertz CT molecular complexity index is 616. The first kappa shape index (κ1) is 16.4. The predicted octanol–water partition coefficient (Wildman–Crippen LogP) is 0.134. The van der Waals surface area contributed by atoms with Crippen LogP contribution in [0.25, 0.3) is 0 Å². The molecule has 0 aromatic carbocycles. The Morgan fingerprint density at radius 1 is 1.33 bits per heavy atom. The number of H-pyrrole nitrogens is 1. The number of carbonyl (C=O) groups excluding carboxylic acids is 3. The molecular weight excluding hydrogens is 276 g/mol. The number of carbonyl (C=O) groups is 3. The third kappa shape index (κ3) is 3.68. The molecule has 8 nitrogen and oxygen atoms in total. The first-order valence-electron chi connectivity index (χ1n) is 6.30. The fraction of sp³-hybridized carbons (Fsp3) is 0.385. The van der Waals surface area contributed by atoms with Gasteiger partial charge in [0.15, 0.2) is 0 Å². The van der Waals surface area contributed by atoms with Crippen LogP contribution in [-0.2, 0) is 14.3 Å². The lowest BCUT2D eigenvalue weighted by Gasteiger charge is -2.03. The summed E-state index contributed by atoms with van der Waals surface area (Å²) in [6.07, 6.45) is 0. The first-order valence-corrected chi connectivity index (χ1v) is 6.30. The van der Waals surface area contributed by atoms with Crippen molar-refractivity contribution in [3.8, 4) is 0 Å². The number of nitrogens with one attached hydrogen (secondary N) is 2. The van der Waals surface area contributed by atoms with Crippen molar-refractivity contribution in [3.63, 3.8) is 0 Å². The summed E-state index contributed by atoms with van der Waals surface area (Å²) in [6.45, 7) is 7.09. The van der Waals surface area contributed by atoms with Crippen LogP contribution in [0.15, 0.2) is 5.10 Å². The van der Waals surface area contributed by atoms with Crippen LogP contribution in [0.3, 0.4) is 0 Å². The summed E-state index contributed by atoms with van der Waals surface area (Å²) >= 11 is 0. The quantitative estimate of drug-likeness (QED) is 0.316. The van der Waals surface area contributed by atoms with Crippen LogP contribution < -0.4 is 11.2 Å². The topological polar surface area (TPSA) is 127 Å². The molecule has 0 aliphatic carbocycles. The van der Waals surface area contributed by atoms with Crippen molar-refractivity contribution in [2.24, 2.45) is 10.8 Å². The van der Waals surface area contributed by atoms with Crippen LogP contribution in [0.4, 0.5) is 0 Å². The largest absolute Gasteiger partial charge is 0.462 e. The van der Waals surface area contributed by atoms with Crippen LogP contribution in [0.2, 0.25) is 0 Å². The maximum Gasteiger partial charge on any atom is 0.340 e. The van der Waals surface area contributed by atoms with Gasteiger partial charge in [-0.1, -0.05) is 0 Å². The minimum absolute atomic E-state index is 0.278. The second kappa shape index (κ2) is 6.69. The number of amides is 2. The molecule has 4 N–H and O–H groups in total. The summed E-state index contributed by atoms with van der Waals surface area (Å²) in [5.41, 5.74) is 9.53. The summed E-state index contributed by atoms with van der Waals surface area (Å²) in [6, 6.07) is 0. The molecule has 2 amide bonds. The van der Waals surface area contributed by atoms with Crippen LogP contribution in [0.1, 0.15) is 41.2 Å². The number of rotatable bonds is 4. The predicted molar refractivity (Wildman–Crippen MR) is 75.8 cm³/mol. The van der Waals surface area contributed by atoms with Gasteiger partial charge in [0.05, 0.1) is 23.6 Å². The number of esters is 1. The van der Waals surface area contributed by atoms with Crippen LogP contribution in [-0.4, -0.2) is 35.1 Å². The minimum atomic E-state index is -1.13. The van der Waals surface area contributed by atoms with E-state index in [2.05, 4.69) is 10.1 Å². The van der Waals surface area contributed by atoms with Crippen molar-refractivity contribution in [3.05, 3.63) is 22.5 Å². The summed E-state index contributed by atoms with van der Waals surface area (Å²) in [4.78, 5) is 36.5. The highest BCUT2D eigenvalue weighted by molar-refractivity contribution is 6.34. The molecule has 0 bridgehead atoms. The molecule has 0 aliphatic rings. The standard InChI is InChI=1S/C13H18N4O4/c1-5-21-13(20)9-6(2)10(15-7(9)3)8(4)16-17-12(19)11(14)18/h15H,5H2,1-4H3,(H2,14,18)(H,17,19)/b16-8+. The summed E-state index contributed by atoms with van der Waals surface area (Å²) in [5, 5.41) is 3.77. The molecular formula is C13H18N4O4. The number of hydrazone groups is 1. The first-order chi connectivity index (χ1) is 9.79. The lowest BCUT2D eigenvalue weighted by molar-refractivity contribution is -0.137. The second-order valence-electron chi connectivity index (χ2n) is 4.35. The van der Waals surface area contributed by atoms with Crippen molar-refractivity contribution < 1.29 is 19.1 Å². The van der Waals surface area contributed by atoms with E-state index >= 15 is 0 Å². The van der Waals surface area contributed by atoms with Crippen LogP contribution in [0.5, 0.6) is 0 Å². The molecule has 1 heterocycles. The van der Waals surface area contributed by atoms with Gasteiger partial charge in [-0.2, -0.15) is 5.10 Å². The Balaban J connectivity index is 3.07. The van der Waals surface area contributed by atoms with Crippen molar-refractivity contribution in [1.82, 2.24) is 10.4 Å². The van der Waals surface area contributed by atoms with Crippen molar-refractivity contribution in [1.29, 1.82) is 0 Å². The maximum atomic E-state index is 11.9. The molecule has 1 aromatic rings. The zero-order valence-corrected chi connectivity index (χ0v) is 12.4. The van der Waals surface area contributed by atoms with Gasteiger partial charge >= 0.3 is 17.8 Å². The van der Waals surface area contributed by atoms with E-state index in [0.717, 1.165) is 0 Å².